The number of carbonyl (C=O) groups is 1. The van der Waals surface area contributed by atoms with Gasteiger partial charge in [-0.2, -0.15) is 5.10 Å². The predicted octanol–water partition coefficient (Wildman–Crippen LogP) is 4.43. The number of hydrogen-bond donors (Lipinski definition) is 4. The number of amides is 1. The summed E-state index contributed by atoms with van der Waals surface area (Å²) in [7, 11) is 0. The third kappa shape index (κ3) is 4.32. The molecule has 0 aliphatic rings. The molecule has 0 unspecified atom stereocenters. The average Bonchev–Trinajstić information content (AvgIpc) is 3.59. The summed E-state index contributed by atoms with van der Waals surface area (Å²) < 4.78 is 5.92. The molecule has 0 atom stereocenters. The first-order valence-corrected chi connectivity index (χ1v) is 11.3. The van der Waals surface area contributed by atoms with Crippen molar-refractivity contribution in [2.24, 2.45) is 0 Å². The number of nitrogen functional groups attached to an aromatic ring is 1. The Hall–Kier alpha value is -5.58. The number of nitrogens with one attached hydrogen (secondary N) is 3. The molecule has 6 aromatic rings. The van der Waals surface area contributed by atoms with E-state index in [2.05, 4.69) is 36.1 Å². The van der Waals surface area contributed by atoms with Gasteiger partial charge in [-0.15, -0.1) is 0 Å². The summed E-state index contributed by atoms with van der Waals surface area (Å²) in [5, 5.41) is 23.7. The molecule has 37 heavy (non-hydrogen) atoms. The number of carbonyl (C=O) groups excluding carboxylic acids is 1. The zero-order valence-electron chi connectivity index (χ0n) is 19.2. The van der Waals surface area contributed by atoms with Crippen LogP contribution in [0.4, 0.5) is 11.8 Å². The van der Waals surface area contributed by atoms with Crippen LogP contribution in [-0.4, -0.2) is 41.7 Å². The Morgan fingerprint density at radius 2 is 1.65 bits per heavy atom. The van der Waals surface area contributed by atoms with Crippen molar-refractivity contribution in [2.45, 2.75) is 0 Å². The maximum Gasteiger partial charge on any atom is 0.258 e. The van der Waals surface area contributed by atoms with Gasteiger partial charge in [0.05, 0.1) is 22.3 Å². The highest BCUT2D eigenvalue weighted by Crippen LogP contribution is 2.35. The lowest BCUT2D eigenvalue weighted by atomic mass is 10.0. The van der Waals surface area contributed by atoms with E-state index in [-0.39, 0.29) is 11.9 Å². The summed E-state index contributed by atoms with van der Waals surface area (Å²) in [5.74, 6) is 1.52. The van der Waals surface area contributed by atoms with Gasteiger partial charge >= 0.3 is 0 Å². The molecule has 0 saturated heterocycles. The number of fused-ring (bicyclic) bond motifs is 1. The Balaban J connectivity index is 1.41. The minimum Gasteiger partial charge on any atom is -0.457 e. The van der Waals surface area contributed by atoms with E-state index < -0.39 is 0 Å². The van der Waals surface area contributed by atoms with Crippen molar-refractivity contribution in [3.8, 4) is 34.0 Å². The van der Waals surface area contributed by atoms with Crippen LogP contribution in [0.15, 0.2) is 84.9 Å². The van der Waals surface area contributed by atoms with E-state index in [4.69, 9.17) is 15.5 Å². The van der Waals surface area contributed by atoms with E-state index in [9.17, 15) is 4.79 Å². The SMILES string of the molecule is Nc1n[nH]c2cc(-c3ccccc3C(=O)Nc3nnn[nH]3)nc(-c3ccc(Oc4ccccc4)cc3)c12. The number of ether oxygens (including phenoxy) is 1. The third-order valence-electron chi connectivity index (χ3n) is 5.70. The van der Waals surface area contributed by atoms with Crippen LogP contribution in [0.25, 0.3) is 33.4 Å². The van der Waals surface area contributed by atoms with Crippen LogP contribution in [0.1, 0.15) is 10.4 Å². The Kier molecular flexibility index (Phi) is 5.47. The minimum absolute atomic E-state index is 0.142. The average molecular weight is 489 g/mol. The Morgan fingerprint density at radius 1 is 0.892 bits per heavy atom. The molecule has 0 aliphatic carbocycles. The fourth-order valence-corrected chi connectivity index (χ4v) is 4.01. The van der Waals surface area contributed by atoms with E-state index in [1.807, 2.05) is 72.8 Å². The smallest absolute Gasteiger partial charge is 0.258 e. The van der Waals surface area contributed by atoms with Crippen LogP contribution < -0.4 is 15.8 Å². The Bertz CT molecular complexity index is 1700. The summed E-state index contributed by atoms with van der Waals surface area (Å²) in [6.07, 6.45) is 0. The molecule has 180 valence electrons. The molecule has 0 bridgehead atoms. The molecular weight excluding hydrogens is 470 g/mol. The first-order valence-electron chi connectivity index (χ1n) is 11.3. The van der Waals surface area contributed by atoms with Crippen LogP contribution in [0, 0.1) is 0 Å². The van der Waals surface area contributed by atoms with Gasteiger partial charge in [0, 0.05) is 16.7 Å². The van der Waals surface area contributed by atoms with Crippen molar-refractivity contribution in [2.75, 3.05) is 11.1 Å². The number of pyridine rings is 1. The number of aromatic amines is 2. The van der Waals surface area contributed by atoms with E-state index in [1.54, 1.807) is 12.1 Å². The van der Waals surface area contributed by atoms with Gasteiger partial charge in [0.2, 0.25) is 5.95 Å². The summed E-state index contributed by atoms with van der Waals surface area (Å²) in [5.41, 5.74) is 9.91. The summed E-state index contributed by atoms with van der Waals surface area (Å²) in [6, 6.07) is 26.0. The number of rotatable bonds is 6. The molecule has 0 fully saturated rings. The van der Waals surface area contributed by atoms with Crippen molar-refractivity contribution >= 4 is 28.6 Å². The molecule has 0 aliphatic heterocycles. The number of nitrogens with two attached hydrogens (primary N) is 1. The molecular formula is C26H19N9O2. The highest BCUT2D eigenvalue weighted by molar-refractivity contribution is 6.09. The maximum absolute atomic E-state index is 13.0. The van der Waals surface area contributed by atoms with Crippen LogP contribution in [0.3, 0.4) is 0 Å². The number of nitrogens with zero attached hydrogens (tertiary/aromatic N) is 5. The number of benzene rings is 3. The fourth-order valence-electron chi connectivity index (χ4n) is 4.01. The highest BCUT2D eigenvalue weighted by Gasteiger charge is 2.19. The lowest BCUT2D eigenvalue weighted by molar-refractivity contribution is 0.102. The molecule has 3 heterocycles. The minimum atomic E-state index is -0.385. The predicted molar refractivity (Wildman–Crippen MR) is 138 cm³/mol. The van der Waals surface area contributed by atoms with Crippen molar-refractivity contribution in [3.63, 3.8) is 0 Å². The molecule has 0 radical (unpaired) electrons. The van der Waals surface area contributed by atoms with Gasteiger partial charge in [0.15, 0.2) is 5.82 Å². The third-order valence-corrected chi connectivity index (χ3v) is 5.70. The van der Waals surface area contributed by atoms with Crippen molar-refractivity contribution in [1.29, 1.82) is 0 Å². The van der Waals surface area contributed by atoms with Gasteiger partial charge in [0.25, 0.3) is 5.91 Å². The van der Waals surface area contributed by atoms with Gasteiger partial charge < -0.3 is 10.5 Å². The number of anilines is 2. The van der Waals surface area contributed by atoms with Crippen LogP contribution in [0.2, 0.25) is 0 Å². The molecule has 5 N–H and O–H groups in total. The molecule has 0 saturated carbocycles. The van der Waals surface area contributed by atoms with Crippen molar-refractivity contribution < 1.29 is 9.53 Å². The first-order chi connectivity index (χ1) is 18.2. The second-order valence-electron chi connectivity index (χ2n) is 8.08. The summed E-state index contributed by atoms with van der Waals surface area (Å²) in [6.45, 7) is 0. The molecule has 0 spiro atoms. The standard InChI is InChI=1S/C26H19N9O2/c27-24-22-21(30-31-24)14-20(18-8-4-5-9-19(18)25(36)29-26-32-34-35-33-26)28-23(22)15-10-12-17(13-11-15)37-16-6-2-1-3-7-16/h1-14H,(H3,27,30,31)(H2,29,32,33,34,35,36). The second kappa shape index (κ2) is 9.23. The van der Waals surface area contributed by atoms with E-state index in [0.29, 0.717) is 45.0 Å². The van der Waals surface area contributed by atoms with E-state index in [1.165, 1.54) is 0 Å². The number of hydrogen-bond acceptors (Lipinski definition) is 8. The number of tetrazole rings is 1. The molecule has 3 aromatic heterocycles. The summed E-state index contributed by atoms with van der Waals surface area (Å²) >= 11 is 0. The number of para-hydroxylation sites is 1. The molecule has 3 aromatic carbocycles. The Morgan fingerprint density at radius 3 is 2.43 bits per heavy atom. The summed E-state index contributed by atoms with van der Waals surface area (Å²) in [4.78, 5) is 17.9. The monoisotopic (exact) mass is 489 g/mol. The van der Waals surface area contributed by atoms with Crippen LogP contribution in [0.5, 0.6) is 11.5 Å². The quantitative estimate of drug-likeness (QED) is 0.267. The van der Waals surface area contributed by atoms with Crippen LogP contribution in [-0.2, 0) is 0 Å². The normalized spacial score (nSPS) is 10.9. The van der Waals surface area contributed by atoms with Crippen molar-refractivity contribution in [3.05, 3.63) is 90.5 Å². The van der Waals surface area contributed by atoms with E-state index >= 15 is 0 Å². The van der Waals surface area contributed by atoms with Gasteiger partial charge in [-0.05, 0) is 59.0 Å². The fraction of sp³-hybridized carbons (Fsp3) is 0. The maximum atomic E-state index is 13.0. The largest absolute Gasteiger partial charge is 0.457 e. The van der Waals surface area contributed by atoms with Gasteiger partial charge in [-0.25, -0.2) is 10.1 Å². The van der Waals surface area contributed by atoms with Gasteiger partial charge in [-0.1, -0.05) is 41.5 Å². The lowest BCUT2D eigenvalue weighted by Crippen LogP contribution is -2.14. The zero-order valence-corrected chi connectivity index (χ0v) is 19.2. The lowest BCUT2D eigenvalue weighted by Gasteiger charge is -2.12. The highest BCUT2D eigenvalue weighted by atomic mass is 16.5. The zero-order chi connectivity index (χ0) is 25.2. The van der Waals surface area contributed by atoms with Crippen LogP contribution >= 0.6 is 0 Å². The van der Waals surface area contributed by atoms with Gasteiger partial charge in [-0.3, -0.25) is 15.2 Å². The molecule has 6 rings (SSSR count). The Labute approximate surface area is 209 Å². The topological polar surface area (TPSA) is 160 Å². The number of aromatic nitrogens is 7. The molecule has 11 nitrogen and oxygen atoms in total. The van der Waals surface area contributed by atoms with Crippen molar-refractivity contribution in [1.82, 2.24) is 35.8 Å². The van der Waals surface area contributed by atoms with Gasteiger partial charge in [0.1, 0.15) is 11.5 Å². The van der Waals surface area contributed by atoms with E-state index in [0.717, 1.165) is 11.3 Å². The molecule has 11 heteroatoms. The number of H-pyrrole nitrogens is 2. The molecule has 1 amide bonds. The second-order valence-corrected chi connectivity index (χ2v) is 8.08. The first kappa shape index (κ1) is 21.9.